The fourth-order valence-corrected chi connectivity index (χ4v) is 3.75. The molecule has 0 saturated carbocycles. The van der Waals surface area contributed by atoms with Gasteiger partial charge in [0.1, 0.15) is 5.15 Å². The number of hydrogen-bond donors (Lipinski definition) is 2. The van der Waals surface area contributed by atoms with Crippen LogP contribution in [0.3, 0.4) is 0 Å². The van der Waals surface area contributed by atoms with Gasteiger partial charge >= 0.3 is 15.5 Å². The van der Waals surface area contributed by atoms with E-state index in [2.05, 4.69) is 20.6 Å². The Balaban J connectivity index is 0.00000392. The predicted molar refractivity (Wildman–Crippen MR) is 112 cm³/mol. The van der Waals surface area contributed by atoms with Crippen molar-refractivity contribution in [1.82, 2.24) is 19.9 Å². The monoisotopic (exact) mass is 555 g/mol. The summed E-state index contributed by atoms with van der Waals surface area (Å²) in [5.41, 5.74) is -4.34. The van der Waals surface area contributed by atoms with Gasteiger partial charge in [-0.3, -0.25) is 4.99 Å². The Kier molecular flexibility index (Phi) is 9.70. The third-order valence-corrected chi connectivity index (χ3v) is 6.09. The number of nitrogens with one attached hydrogen (secondary N) is 2. The van der Waals surface area contributed by atoms with Gasteiger partial charge in [0.15, 0.2) is 5.96 Å². The van der Waals surface area contributed by atoms with Gasteiger partial charge in [-0.2, -0.15) is 17.5 Å². The van der Waals surface area contributed by atoms with Crippen molar-refractivity contribution in [2.45, 2.75) is 24.9 Å². The van der Waals surface area contributed by atoms with Crippen LogP contribution in [0, 0.1) is 5.92 Å². The minimum Gasteiger partial charge on any atom is -0.356 e. The minimum atomic E-state index is -5.25. The molecule has 160 valence electrons. The summed E-state index contributed by atoms with van der Waals surface area (Å²) in [4.78, 5) is 8.06. The Hall–Kier alpha value is -0.860. The molecule has 0 radical (unpaired) electrons. The summed E-state index contributed by atoms with van der Waals surface area (Å²) in [6.45, 7) is 0.678. The van der Waals surface area contributed by atoms with E-state index in [9.17, 15) is 21.6 Å². The van der Waals surface area contributed by atoms with Crippen LogP contribution in [0.5, 0.6) is 0 Å². The zero-order valence-corrected chi connectivity index (χ0v) is 18.9. The molecule has 1 fully saturated rings. The maximum Gasteiger partial charge on any atom is 0.511 e. The molecule has 13 heteroatoms. The summed E-state index contributed by atoms with van der Waals surface area (Å²) in [7, 11) is -3.63. The van der Waals surface area contributed by atoms with Crippen molar-refractivity contribution >= 4 is 51.6 Å². The van der Waals surface area contributed by atoms with Crippen LogP contribution in [0.4, 0.5) is 13.2 Å². The number of aromatic nitrogens is 1. The van der Waals surface area contributed by atoms with Gasteiger partial charge in [-0.25, -0.2) is 13.4 Å². The molecule has 1 aromatic heterocycles. The Morgan fingerprint density at radius 3 is 2.46 bits per heavy atom. The van der Waals surface area contributed by atoms with Crippen molar-refractivity contribution in [2.24, 2.45) is 10.9 Å². The number of halogens is 5. The van der Waals surface area contributed by atoms with Crippen LogP contribution in [0.15, 0.2) is 23.3 Å². The van der Waals surface area contributed by atoms with Crippen LogP contribution in [0.1, 0.15) is 18.4 Å². The largest absolute Gasteiger partial charge is 0.511 e. The summed E-state index contributed by atoms with van der Waals surface area (Å²) >= 11 is 5.73. The van der Waals surface area contributed by atoms with E-state index in [0.717, 1.165) is 5.56 Å². The molecule has 0 atom stereocenters. The normalized spacial score (nSPS) is 17.1. The van der Waals surface area contributed by atoms with Crippen molar-refractivity contribution < 1.29 is 21.6 Å². The van der Waals surface area contributed by atoms with Gasteiger partial charge in [0, 0.05) is 39.4 Å². The van der Waals surface area contributed by atoms with Crippen molar-refractivity contribution in [1.29, 1.82) is 0 Å². The molecule has 1 saturated heterocycles. The molecule has 1 aliphatic rings. The lowest BCUT2D eigenvalue weighted by Crippen LogP contribution is -2.47. The standard InChI is InChI=1S/C15H21ClF3N5O2S.HI/c1-20-14(23-10-12-2-3-13(16)21-9-12)22-8-11-4-6-24(7-5-11)27(25,26)15(17,18)19;/h2-3,9,11H,4-8,10H2,1H3,(H2,20,22,23);1H. The van der Waals surface area contributed by atoms with Gasteiger partial charge in [-0.05, 0) is 30.4 Å². The Labute approximate surface area is 184 Å². The molecule has 1 aliphatic heterocycles. The molecule has 7 nitrogen and oxygen atoms in total. The van der Waals surface area contributed by atoms with Crippen LogP contribution in [-0.2, 0) is 16.6 Å². The fourth-order valence-electron chi connectivity index (χ4n) is 2.66. The number of guanidine groups is 1. The number of hydrogen-bond acceptors (Lipinski definition) is 4. The Morgan fingerprint density at radius 1 is 1.32 bits per heavy atom. The average Bonchev–Trinajstić information content (AvgIpc) is 2.62. The number of aliphatic imine (C=N–C) groups is 1. The maximum atomic E-state index is 12.6. The van der Waals surface area contributed by atoms with Gasteiger partial charge in [-0.1, -0.05) is 17.7 Å². The molecule has 0 bridgehead atoms. The van der Waals surface area contributed by atoms with Crippen LogP contribution < -0.4 is 10.6 Å². The van der Waals surface area contributed by atoms with Gasteiger partial charge in [0.25, 0.3) is 0 Å². The molecule has 0 aliphatic carbocycles. The first-order valence-electron chi connectivity index (χ1n) is 8.25. The molecule has 0 amide bonds. The van der Waals surface area contributed by atoms with Gasteiger partial charge in [0.05, 0.1) is 0 Å². The number of piperidine rings is 1. The topological polar surface area (TPSA) is 86.7 Å². The maximum absolute atomic E-state index is 12.6. The summed E-state index contributed by atoms with van der Waals surface area (Å²) in [6, 6.07) is 3.50. The first-order valence-corrected chi connectivity index (χ1v) is 10.1. The molecule has 0 spiro atoms. The molecule has 2 heterocycles. The van der Waals surface area contributed by atoms with E-state index in [4.69, 9.17) is 11.6 Å². The summed E-state index contributed by atoms with van der Waals surface area (Å²) < 4.78 is 61.1. The highest BCUT2D eigenvalue weighted by molar-refractivity contribution is 14.0. The zero-order chi connectivity index (χ0) is 20.1. The second-order valence-electron chi connectivity index (χ2n) is 6.09. The highest BCUT2D eigenvalue weighted by Gasteiger charge is 2.50. The smallest absolute Gasteiger partial charge is 0.356 e. The molecule has 0 aromatic carbocycles. The van der Waals surface area contributed by atoms with Crippen molar-refractivity contribution in [3.63, 3.8) is 0 Å². The summed E-state index contributed by atoms with van der Waals surface area (Å²) in [5, 5.41) is 6.61. The van der Waals surface area contributed by atoms with E-state index in [-0.39, 0.29) is 43.0 Å². The number of sulfonamides is 1. The van der Waals surface area contributed by atoms with Crippen molar-refractivity contribution in [3.05, 3.63) is 29.0 Å². The van der Waals surface area contributed by atoms with Gasteiger partial charge in [-0.15, -0.1) is 24.0 Å². The SMILES string of the molecule is CN=C(NCc1ccc(Cl)nc1)NCC1CCN(S(=O)(=O)C(F)(F)F)CC1.I. The lowest BCUT2D eigenvalue weighted by atomic mass is 9.98. The zero-order valence-electron chi connectivity index (χ0n) is 15.0. The van der Waals surface area contributed by atoms with Crippen LogP contribution in [0.2, 0.25) is 5.15 Å². The van der Waals surface area contributed by atoms with E-state index in [0.29, 0.717) is 41.3 Å². The van der Waals surface area contributed by atoms with Crippen LogP contribution in [0.25, 0.3) is 0 Å². The Morgan fingerprint density at radius 2 is 1.96 bits per heavy atom. The fraction of sp³-hybridized carbons (Fsp3) is 0.600. The molecule has 2 N–H and O–H groups in total. The molecular weight excluding hydrogens is 534 g/mol. The van der Waals surface area contributed by atoms with E-state index < -0.39 is 15.5 Å². The number of nitrogens with zero attached hydrogens (tertiary/aromatic N) is 3. The van der Waals surface area contributed by atoms with E-state index in [1.165, 1.54) is 0 Å². The van der Waals surface area contributed by atoms with E-state index in [1.54, 1.807) is 19.3 Å². The average molecular weight is 556 g/mol. The third kappa shape index (κ3) is 6.88. The molecular formula is C15H22ClF3IN5O2S. The second-order valence-corrected chi connectivity index (χ2v) is 8.41. The first kappa shape index (κ1) is 25.2. The molecule has 28 heavy (non-hydrogen) atoms. The molecule has 0 unspecified atom stereocenters. The number of rotatable bonds is 5. The van der Waals surface area contributed by atoms with Gasteiger partial charge in [0.2, 0.25) is 0 Å². The number of alkyl halides is 3. The van der Waals surface area contributed by atoms with Crippen LogP contribution in [-0.4, -0.2) is 55.9 Å². The lowest BCUT2D eigenvalue weighted by Gasteiger charge is -2.31. The van der Waals surface area contributed by atoms with Gasteiger partial charge < -0.3 is 10.6 Å². The third-order valence-electron chi connectivity index (χ3n) is 4.24. The van der Waals surface area contributed by atoms with Crippen LogP contribution >= 0.6 is 35.6 Å². The predicted octanol–water partition coefficient (Wildman–Crippen LogP) is 2.58. The highest BCUT2D eigenvalue weighted by atomic mass is 127. The second kappa shape index (κ2) is 10.8. The van der Waals surface area contributed by atoms with Crippen molar-refractivity contribution in [3.8, 4) is 0 Å². The highest BCUT2D eigenvalue weighted by Crippen LogP contribution is 2.30. The quantitative estimate of drug-likeness (QED) is 0.253. The molecule has 2 rings (SSSR count). The Bertz CT molecular complexity index is 754. The number of pyridine rings is 1. The summed E-state index contributed by atoms with van der Waals surface area (Å²) in [5.74, 6) is 0.593. The van der Waals surface area contributed by atoms with E-state index >= 15 is 0 Å². The summed E-state index contributed by atoms with van der Waals surface area (Å²) in [6.07, 6.45) is 2.33. The molecule has 1 aromatic rings. The lowest BCUT2D eigenvalue weighted by molar-refractivity contribution is -0.0496. The van der Waals surface area contributed by atoms with E-state index in [1.807, 2.05) is 6.07 Å². The first-order chi connectivity index (χ1) is 12.6. The van der Waals surface area contributed by atoms with Crippen molar-refractivity contribution in [2.75, 3.05) is 26.7 Å². The minimum absolute atomic E-state index is 0.